The number of carbonyl (C=O) groups is 1. The Morgan fingerprint density at radius 3 is 2.67 bits per heavy atom. The first-order valence-corrected chi connectivity index (χ1v) is 6.06. The van der Waals surface area contributed by atoms with Gasteiger partial charge in [0.05, 0.1) is 0 Å². The summed E-state index contributed by atoms with van der Waals surface area (Å²) in [6.45, 7) is 9.06. The van der Waals surface area contributed by atoms with Crippen LogP contribution in [0.5, 0.6) is 0 Å². The van der Waals surface area contributed by atoms with Crippen LogP contribution in [-0.4, -0.2) is 25.5 Å². The molecule has 1 amide bonds. The quantitative estimate of drug-likeness (QED) is 0.679. The average Bonchev–Trinajstić information content (AvgIpc) is 2.52. The van der Waals surface area contributed by atoms with E-state index < -0.39 is 0 Å². The maximum Gasteiger partial charge on any atom is 0.223 e. The van der Waals surface area contributed by atoms with Crippen LogP contribution in [0.15, 0.2) is 0 Å². The van der Waals surface area contributed by atoms with Gasteiger partial charge in [0.2, 0.25) is 5.91 Å². The van der Waals surface area contributed by atoms with Gasteiger partial charge >= 0.3 is 0 Å². The minimum atomic E-state index is 0.197. The van der Waals surface area contributed by atoms with E-state index in [2.05, 4.69) is 31.4 Å². The topological polar surface area (TPSA) is 41.1 Å². The van der Waals surface area contributed by atoms with Crippen LogP contribution in [-0.2, 0) is 4.79 Å². The summed E-state index contributed by atoms with van der Waals surface area (Å²) in [4.78, 5) is 11.9. The van der Waals surface area contributed by atoms with Gasteiger partial charge in [-0.05, 0) is 24.8 Å². The molecule has 3 nitrogen and oxygen atoms in total. The Labute approximate surface area is 93.0 Å². The lowest BCUT2D eigenvalue weighted by Gasteiger charge is -2.25. The molecule has 2 N–H and O–H groups in total. The Kier molecular flexibility index (Phi) is 4.58. The van der Waals surface area contributed by atoms with Crippen molar-refractivity contribution in [2.24, 2.45) is 11.3 Å². The van der Waals surface area contributed by atoms with Crippen LogP contribution in [0.2, 0.25) is 0 Å². The maximum absolute atomic E-state index is 11.9. The molecule has 0 aromatic heterocycles. The van der Waals surface area contributed by atoms with Crippen LogP contribution in [0.1, 0.15) is 40.0 Å². The second kappa shape index (κ2) is 5.50. The summed E-state index contributed by atoms with van der Waals surface area (Å²) < 4.78 is 0. The summed E-state index contributed by atoms with van der Waals surface area (Å²) in [6, 6.07) is 0. The lowest BCUT2D eigenvalue weighted by atomic mass is 9.81. The van der Waals surface area contributed by atoms with Crippen molar-refractivity contribution >= 4 is 5.91 Å². The normalized spacial score (nSPS) is 24.1. The summed E-state index contributed by atoms with van der Waals surface area (Å²) in [5.74, 6) is 0.467. The van der Waals surface area contributed by atoms with E-state index in [4.69, 9.17) is 0 Å². The first-order valence-electron chi connectivity index (χ1n) is 6.06. The minimum absolute atomic E-state index is 0.197. The highest BCUT2D eigenvalue weighted by Crippen LogP contribution is 2.42. The van der Waals surface area contributed by atoms with Crippen molar-refractivity contribution in [2.45, 2.75) is 40.0 Å². The second-order valence-corrected chi connectivity index (χ2v) is 5.08. The van der Waals surface area contributed by atoms with Crippen molar-refractivity contribution in [3.8, 4) is 0 Å². The summed E-state index contributed by atoms with van der Waals surface area (Å²) >= 11 is 0. The van der Waals surface area contributed by atoms with Gasteiger partial charge in [-0.2, -0.15) is 0 Å². The van der Waals surface area contributed by atoms with Gasteiger partial charge in [-0.1, -0.05) is 27.2 Å². The molecule has 3 heteroatoms. The number of carbonyl (C=O) groups excluding carboxylic acids is 1. The molecule has 1 aliphatic carbocycles. The van der Waals surface area contributed by atoms with Gasteiger partial charge in [-0.15, -0.1) is 0 Å². The van der Waals surface area contributed by atoms with E-state index in [1.54, 1.807) is 0 Å². The van der Waals surface area contributed by atoms with Crippen molar-refractivity contribution in [1.29, 1.82) is 0 Å². The molecule has 15 heavy (non-hydrogen) atoms. The van der Waals surface area contributed by atoms with Crippen molar-refractivity contribution in [2.75, 3.05) is 19.6 Å². The predicted octanol–water partition coefficient (Wildman–Crippen LogP) is 1.54. The van der Waals surface area contributed by atoms with E-state index in [1.807, 2.05) is 0 Å². The van der Waals surface area contributed by atoms with E-state index in [0.717, 1.165) is 26.1 Å². The van der Waals surface area contributed by atoms with Crippen LogP contribution in [0.4, 0.5) is 0 Å². The number of amides is 1. The molecule has 0 saturated heterocycles. The first-order chi connectivity index (χ1) is 7.08. The van der Waals surface area contributed by atoms with Crippen LogP contribution in [0, 0.1) is 11.3 Å². The summed E-state index contributed by atoms with van der Waals surface area (Å²) in [7, 11) is 0. The number of nitrogens with one attached hydrogen (secondary N) is 2. The van der Waals surface area contributed by atoms with Crippen molar-refractivity contribution in [3.63, 3.8) is 0 Å². The molecule has 1 saturated carbocycles. The van der Waals surface area contributed by atoms with Crippen LogP contribution >= 0.6 is 0 Å². The van der Waals surface area contributed by atoms with Crippen molar-refractivity contribution < 1.29 is 4.79 Å². The number of rotatable bonds is 5. The molecule has 0 radical (unpaired) electrons. The van der Waals surface area contributed by atoms with Gasteiger partial charge in [0.15, 0.2) is 0 Å². The predicted molar refractivity (Wildman–Crippen MR) is 62.7 cm³/mol. The third kappa shape index (κ3) is 3.49. The number of likely N-dealkylation sites (N-methyl/N-ethyl adjacent to an activating group) is 1. The molecule has 88 valence electrons. The van der Waals surface area contributed by atoms with Crippen LogP contribution in [0.25, 0.3) is 0 Å². The number of hydrogen-bond donors (Lipinski definition) is 2. The molecule has 0 aromatic rings. The third-order valence-corrected chi connectivity index (χ3v) is 3.42. The molecule has 1 unspecified atom stereocenters. The van der Waals surface area contributed by atoms with Crippen LogP contribution < -0.4 is 10.6 Å². The Morgan fingerprint density at radius 1 is 1.40 bits per heavy atom. The average molecular weight is 212 g/mol. The summed E-state index contributed by atoms with van der Waals surface area (Å²) in [5.41, 5.74) is 0.197. The van der Waals surface area contributed by atoms with Gasteiger partial charge in [0.1, 0.15) is 0 Å². The molecule has 0 aliphatic heterocycles. The fraction of sp³-hybridized carbons (Fsp3) is 0.917. The Hall–Kier alpha value is -0.570. The molecule has 1 rings (SSSR count). The fourth-order valence-electron chi connectivity index (χ4n) is 2.39. The van der Waals surface area contributed by atoms with Gasteiger partial charge in [0, 0.05) is 19.0 Å². The highest BCUT2D eigenvalue weighted by atomic mass is 16.1. The minimum Gasteiger partial charge on any atom is -0.355 e. The molecular formula is C12H24N2O. The highest BCUT2D eigenvalue weighted by molar-refractivity contribution is 5.79. The van der Waals surface area contributed by atoms with Gasteiger partial charge in [0.25, 0.3) is 0 Å². The van der Waals surface area contributed by atoms with E-state index >= 15 is 0 Å². The molecule has 0 aromatic carbocycles. The van der Waals surface area contributed by atoms with Gasteiger partial charge in [-0.3, -0.25) is 4.79 Å². The molecule has 0 heterocycles. The Balaban J connectivity index is 2.28. The number of hydrogen-bond acceptors (Lipinski definition) is 2. The van der Waals surface area contributed by atoms with Crippen molar-refractivity contribution in [1.82, 2.24) is 10.6 Å². The molecule has 0 spiro atoms. The summed E-state index contributed by atoms with van der Waals surface area (Å²) in [5, 5.41) is 6.21. The summed E-state index contributed by atoms with van der Waals surface area (Å²) in [6.07, 6.45) is 3.43. The monoisotopic (exact) mass is 212 g/mol. The SMILES string of the molecule is CCNCCNC(=O)C1CCCC1(C)C. The van der Waals surface area contributed by atoms with E-state index in [-0.39, 0.29) is 17.2 Å². The molecule has 1 fully saturated rings. The zero-order chi connectivity index (χ0) is 11.3. The van der Waals surface area contributed by atoms with E-state index in [0.29, 0.717) is 0 Å². The standard InChI is InChI=1S/C12H24N2O/c1-4-13-8-9-14-11(15)10-6-5-7-12(10,2)3/h10,13H,4-9H2,1-3H3,(H,14,15). The van der Waals surface area contributed by atoms with E-state index in [9.17, 15) is 4.79 Å². The molecular weight excluding hydrogens is 188 g/mol. The smallest absolute Gasteiger partial charge is 0.223 e. The first kappa shape index (κ1) is 12.5. The van der Waals surface area contributed by atoms with Gasteiger partial charge in [-0.25, -0.2) is 0 Å². The molecule has 1 atom stereocenters. The Bertz CT molecular complexity index is 214. The maximum atomic E-state index is 11.9. The molecule has 1 aliphatic rings. The van der Waals surface area contributed by atoms with Gasteiger partial charge < -0.3 is 10.6 Å². The lowest BCUT2D eigenvalue weighted by molar-refractivity contribution is -0.127. The van der Waals surface area contributed by atoms with Crippen LogP contribution in [0.3, 0.4) is 0 Å². The zero-order valence-electron chi connectivity index (χ0n) is 10.2. The second-order valence-electron chi connectivity index (χ2n) is 5.08. The Morgan fingerprint density at radius 2 is 2.13 bits per heavy atom. The molecule has 0 bridgehead atoms. The third-order valence-electron chi connectivity index (χ3n) is 3.42. The zero-order valence-corrected chi connectivity index (χ0v) is 10.2. The van der Waals surface area contributed by atoms with Crippen molar-refractivity contribution in [3.05, 3.63) is 0 Å². The highest BCUT2D eigenvalue weighted by Gasteiger charge is 2.38. The largest absolute Gasteiger partial charge is 0.355 e. The lowest BCUT2D eigenvalue weighted by Crippen LogP contribution is -2.39. The fourth-order valence-corrected chi connectivity index (χ4v) is 2.39. The van der Waals surface area contributed by atoms with E-state index in [1.165, 1.54) is 12.8 Å².